The van der Waals surface area contributed by atoms with Crippen LogP contribution in [0.25, 0.3) is 0 Å². The summed E-state index contributed by atoms with van der Waals surface area (Å²) in [5.41, 5.74) is 4.12. The standard InChI is InChI=1S/C22H35NO/c1-17-10-8-11-18(2)19(17)16-21(24)20-12-6-7-14-23(20)15-9-13-22(3,4)5/h8,10-11,20H,6-7,9,12-16H2,1-5H3. The van der Waals surface area contributed by atoms with Crippen LogP contribution in [0.5, 0.6) is 0 Å². The smallest absolute Gasteiger partial charge is 0.154 e. The molecule has 1 fully saturated rings. The molecule has 134 valence electrons. The summed E-state index contributed by atoms with van der Waals surface area (Å²) in [5, 5.41) is 0. The quantitative estimate of drug-likeness (QED) is 0.724. The van der Waals surface area contributed by atoms with Crippen molar-refractivity contribution in [1.82, 2.24) is 4.90 Å². The van der Waals surface area contributed by atoms with Gasteiger partial charge in [-0.25, -0.2) is 0 Å². The van der Waals surface area contributed by atoms with Gasteiger partial charge in [0.15, 0.2) is 5.78 Å². The van der Waals surface area contributed by atoms with E-state index in [4.69, 9.17) is 0 Å². The summed E-state index contributed by atoms with van der Waals surface area (Å²) >= 11 is 0. The molecule has 24 heavy (non-hydrogen) atoms. The van der Waals surface area contributed by atoms with Gasteiger partial charge in [-0.2, -0.15) is 0 Å². The highest BCUT2D eigenvalue weighted by Gasteiger charge is 2.28. The van der Waals surface area contributed by atoms with Crippen molar-refractivity contribution in [2.75, 3.05) is 13.1 Å². The Morgan fingerprint density at radius 1 is 1.17 bits per heavy atom. The normalized spacial score (nSPS) is 19.5. The molecule has 1 aliphatic heterocycles. The van der Waals surface area contributed by atoms with Gasteiger partial charge in [0.25, 0.3) is 0 Å². The summed E-state index contributed by atoms with van der Waals surface area (Å²) in [7, 11) is 0. The Hall–Kier alpha value is -1.15. The lowest BCUT2D eigenvalue weighted by Crippen LogP contribution is -2.45. The molecule has 0 aromatic heterocycles. The number of nitrogens with zero attached hydrogens (tertiary/aromatic N) is 1. The van der Waals surface area contributed by atoms with E-state index >= 15 is 0 Å². The largest absolute Gasteiger partial charge is 0.298 e. The second-order valence-corrected chi connectivity index (χ2v) is 8.73. The van der Waals surface area contributed by atoms with Gasteiger partial charge in [0.1, 0.15) is 0 Å². The first-order valence-corrected chi connectivity index (χ1v) is 9.60. The number of benzene rings is 1. The van der Waals surface area contributed by atoms with Gasteiger partial charge in [-0.05, 0) is 74.7 Å². The summed E-state index contributed by atoms with van der Waals surface area (Å²) in [6.45, 7) is 13.3. The number of rotatable bonds is 6. The van der Waals surface area contributed by atoms with Crippen molar-refractivity contribution < 1.29 is 4.79 Å². The molecule has 0 bridgehead atoms. The van der Waals surface area contributed by atoms with E-state index in [0.29, 0.717) is 17.6 Å². The van der Waals surface area contributed by atoms with Crippen molar-refractivity contribution in [3.05, 3.63) is 34.9 Å². The molecule has 1 aliphatic rings. The average molecular weight is 330 g/mol. The van der Waals surface area contributed by atoms with Gasteiger partial charge in [-0.15, -0.1) is 0 Å². The Kier molecular flexibility index (Phi) is 6.62. The predicted octanol–water partition coefficient (Wildman–Crippen LogP) is 5.10. The monoisotopic (exact) mass is 329 g/mol. The molecule has 0 saturated carbocycles. The Labute approximate surface area is 148 Å². The van der Waals surface area contributed by atoms with E-state index in [1.165, 1.54) is 42.4 Å². The van der Waals surface area contributed by atoms with Crippen LogP contribution in [-0.2, 0) is 11.2 Å². The lowest BCUT2D eigenvalue weighted by atomic mass is 9.89. The summed E-state index contributed by atoms with van der Waals surface area (Å²) in [6.07, 6.45) is 6.48. The van der Waals surface area contributed by atoms with Crippen LogP contribution in [-0.4, -0.2) is 29.8 Å². The number of carbonyl (C=O) groups is 1. The van der Waals surface area contributed by atoms with Crippen LogP contribution in [0.15, 0.2) is 18.2 Å². The average Bonchev–Trinajstić information content (AvgIpc) is 2.50. The van der Waals surface area contributed by atoms with Crippen LogP contribution in [0.4, 0.5) is 0 Å². The number of hydrogen-bond donors (Lipinski definition) is 0. The molecule has 0 N–H and O–H groups in total. The van der Waals surface area contributed by atoms with E-state index in [-0.39, 0.29) is 6.04 Å². The van der Waals surface area contributed by atoms with Crippen LogP contribution in [0, 0.1) is 19.3 Å². The van der Waals surface area contributed by atoms with Crippen LogP contribution in [0.3, 0.4) is 0 Å². The van der Waals surface area contributed by atoms with Gasteiger partial charge in [-0.1, -0.05) is 45.4 Å². The molecule has 0 aliphatic carbocycles. The van der Waals surface area contributed by atoms with E-state index in [2.05, 4.69) is 57.7 Å². The van der Waals surface area contributed by atoms with Crippen molar-refractivity contribution >= 4 is 5.78 Å². The van der Waals surface area contributed by atoms with Crippen molar-refractivity contribution in [2.45, 2.75) is 79.2 Å². The summed E-state index contributed by atoms with van der Waals surface area (Å²) < 4.78 is 0. The molecule has 1 heterocycles. The molecular weight excluding hydrogens is 294 g/mol. The minimum Gasteiger partial charge on any atom is -0.298 e. The zero-order valence-corrected chi connectivity index (χ0v) is 16.3. The van der Waals surface area contributed by atoms with Gasteiger partial charge < -0.3 is 0 Å². The van der Waals surface area contributed by atoms with E-state index < -0.39 is 0 Å². The molecule has 0 amide bonds. The van der Waals surface area contributed by atoms with Crippen LogP contribution >= 0.6 is 0 Å². The number of Topliss-reactive ketones (excluding diaryl/α,β-unsaturated/α-hetero) is 1. The fraction of sp³-hybridized carbons (Fsp3) is 0.682. The third-order valence-electron chi connectivity index (χ3n) is 5.35. The molecule has 1 atom stereocenters. The number of aryl methyl sites for hydroxylation is 2. The summed E-state index contributed by atoms with van der Waals surface area (Å²) in [6, 6.07) is 6.46. The SMILES string of the molecule is Cc1cccc(C)c1CC(=O)C1CCCCN1CCCC(C)(C)C. The van der Waals surface area contributed by atoms with Gasteiger partial charge in [-0.3, -0.25) is 9.69 Å². The number of hydrogen-bond acceptors (Lipinski definition) is 2. The maximum Gasteiger partial charge on any atom is 0.154 e. The zero-order valence-electron chi connectivity index (χ0n) is 16.3. The minimum atomic E-state index is 0.137. The fourth-order valence-electron chi connectivity index (χ4n) is 3.86. The molecule has 0 radical (unpaired) electrons. The van der Waals surface area contributed by atoms with Crippen LogP contribution in [0.2, 0.25) is 0 Å². The summed E-state index contributed by atoms with van der Waals surface area (Å²) in [4.78, 5) is 15.5. The Balaban J connectivity index is 2.00. The van der Waals surface area contributed by atoms with Gasteiger partial charge in [0, 0.05) is 6.42 Å². The first kappa shape index (κ1) is 19.2. The Morgan fingerprint density at radius 3 is 2.46 bits per heavy atom. The molecule has 1 aromatic carbocycles. The maximum absolute atomic E-state index is 13.0. The number of piperidine rings is 1. The second kappa shape index (κ2) is 8.29. The molecule has 1 aromatic rings. The third-order valence-corrected chi connectivity index (χ3v) is 5.35. The molecule has 0 spiro atoms. The Morgan fingerprint density at radius 2 is 1.83 bits per heavy atom. The molecule has 2 nitrogen and oxygen atoms in total. The fourth-order valence-corrected chi connectivity index (χ4v) is 3.86. The zero-order chi connectivity index (χ0) is 17.7. The molecule has 2 heteroatoms. The third kappa shape index (κ3) is 5.44. The first-order chi connectivity index (χ1) is 11.3. The number of likely N-dealkylation sites (tertiary alicyclic amines) is 1. The predicted molar refractivity (Wildman–Crippen MR) is 103 cm³/mol. The lowest BCUT2D eigenvalue weighted by Gasteiger charge is -2.35. The van der Waals surface area contributed by atoms with Gasteiger partial charge in [0.2, 0.25) is 0 Å². The van der Waals surface area contributed by atoms with Gasteiger partial charge in [0.05, 0.1) is 6.04 Å². The first-order valence-electron chi connectivity index (χ1n) is 9.60. The van der Waals surface area contributed by atoms with E-state index in [1.54, 1.807) is 0 Å². The van der Waals surface area contributed by atoms with E-state index in [1.807, 2.05) is 0 Å². The number of carbonyl (C=O) groups excluding carboxylic acids is 1. The highest BCUT2D eigenvalue weighted by molar-refractivity contribution is 5.86. The second-order valence-electron chi connectivity index (χ2n) is 8.73. The highest BCUT2D eigenvalue weighted by atomic mass is 16.1. The molecule has 2 rings (SSSR count). The van der Waals surface area contributed by atoms with Crippen molar-refractivity contribution in [3.8, 4) is 0 Å². The molecule has 1 unspecified atom stereocenters. The van der Waals surface area contributed by atoms with E-state index in [9.17, 15) is 4.79 Å². The van der Waals surface area contributed by atoms with Crippen molar-refractivity contribution in [3.63, 3.8) is 0 Å². The number of ketones is 1. The molecule has 1 saturated heterocycles. The van der Waals surface area contributed by atoms with Crippen LogP contribution in [0.1, 0.15) is 69.6 Å². The maximum atomic E-state index is 13.0. The Bertz CT molecular complexity index is 535. The minimum absolute atomic E-state index is 0.137. The lowest BCUT2D eigenvalue weighted by molar-refractivity contribution is -0.124. The van der Waals surface area contributed by atoms with E-state index in [0.717, 1.165) is 19.5 Å². The topological polar surface area (TPSA) is 20.3 Å². The molecular formula is C22H35NO. The van der Waals surface area contributed by atoms with Gasteiger partial charge >= 0.3 is 0 Å². The van der Waals surface area contributed by atoms with Crippen molar-refractivity contribution in [1.29, 1.82) is 0 Å². The van der Waals surface area contributed by atoms with Crippen LogP contribution < -0.4 is 0 Å². The highest BCUT2D eigenvalue weighted by Crippen LogP contribution is 2.25. The van der Waals surface area contributed by atoms with Crippen molar-refractivity contribution in [2.24, 2.45) is 5.41 Å². The summed E-state index contributed by atoms with van der Waals surface area (Å²) in [5.74, 6) is 0.419.